The molecule has 82 valence electrons. The smallest absolute Gasteiger partial charge is 0.278 e. The van der Waals surface area contributed by atoms with Crippen molar-refractivity contribution >= 4 is 15.9 Å². The van der Waals surface area contributed by atoms with E-state index in [-0.39, 0.29) is 11.3 Å². The number of benzene rings is 1. The Balaban J connectivity index is 2.31. The van der Waals surface area contributed by atoms with Gasteiger partial charge in [-0.05, 0) is 33.6 Å². The quantitative estimate of drug-likeness (QED) is 0.882. The van der Waals surface area contributed by atoms with E-state index >= 15 is 0 Å². The molecule has 2 N–H and O–H groups in total. The van der Waals surface area contributed by atoms with Gasteiger partial charge in [0.2, 0.25) is 0 Å². The summed E-state index contributed by atoms with van der Waals surface area (Å²) in [7, 11) is 0. The zero-order valence-electron chi connectivity index (χ0n) is 8.27. The van der Waals surface area contributed by atoms with Gasteiger partial charge >= 0.3 is 0 Å². The average molecular weight is 281 g/mol. The maximum atomic E-state index is 11.1. The lowest BCUT2D eigenvalue weighted by Crippen LogP contribution is -2.10. The van der Waals surface area contributed by atoms with Gasteiger partial charge in [-0.1, -0.05) is 18.2 Å². The molecule has 2 rings (SSSR count). The molecule has 1 aromatic heterocycles. The Morgan fingerprint density at radius 3 is 2.81 bits per heavy atom. The van der Waals surface area contributed by atoms with Crippen molar-refractivity contribution in [1.29, 1.82) is 0 Å². The maximum Gasteiger partial charge on any atom is 0.278 e. The molecule has 0 amide bonds. The fourth-order valence-corrected chi connectivity index (χ4v) is 1.72. The Kier molecular flexibility index (Phi) is 3.05. The summed E-state index contributed by atoms with van der Waals surface area (Å²) in [4.78, 5) is 11.1. The summed E-state index contributed by atoms with van der Waals surface area (Å²) in [6, 6.07) is 8.68. The van der Waals surface area contributed by atoms with E-state index in [4.69, 9.17) is 0 Å². The topological polar surface area (TPSA) is 66.0 Å². The molecule has 1 aromatic carbocycles. The standard InChI is InChI=1S/C11H9BrN2O2/c12-9-6-8(13-14-11(9)16)5-7-3-1-2-4-10(7)15/h1-4,6,15H,5H2,(H,14,16). The molecule has 5 heteroatoms. The van der Waals surface area contributed by atoms with Crippen molar-refractivity contribution in [2.75, 3.05) is 0 Å². The molecule has 2 aromatic rings. The summed E-state index contributed by atoms with van der Waals surface area (Å²) >= 11 is 3.13. The average Bonchev–Trinajstić information content (AvgIpc) is 2.27. The molecule has 0 saturated heterocycles. The minimum Gasteiger partial charge on any atom is -0.508 e. The van der Waals surface area contributed by atoms with E-state index in [9.17, 15) is 9.90 Å². The van der Waals surface area contributed by atoms with Gasteiger partial charge in [-0.3, -0.25) is 4.79 Å². The molecule has 1 heterocycles. The number of rotatable bonds is 2. The fourth-order valence-electron chi connectivity index (χ4n) is 1.37. The number of phenolic OH excluding ortho intramolecular Hbond substituents is 1. The van der Waals surface area contributed by atoms with Gasteiger partial charge < -0.3 is 5.11 Å². The molecule has 16 heavy (non-hydrogen) atoms. The van der Waals surface area contributed by atoms with Gasteiger partial charge in [-0.2, -0.15) is 5.10 Å². The second-order valence-corrected chi connectivity index (χ2v) is 4.20. The minimum absolute atomic E-state index is 0.228. The van der Waals surface area contributed by atoms with Crippen LogP contribution in [-0.4, -0.2) is 15.3 Å². The largest absolute Gasteiger partial charge is 0.508 e. The molecular formula is C11H9BrN2O2. The molecule has 0 aliphatic heterocycles. The molecular weight excluding hydrogens is 272 g/mol. The number of aromatic nitrogens is 2. The Hall–Kier alpha value is -1.62. The number of nitrogens with one attached hydrogen (secondary N) is 1. The highest BCUT2D eigenvalue weighted by atomic mass is 79.9. The van der Waals surface area contributed by atoms with Gasteiger partial charge in [0.25, 0.3) is 5.56 Å². The van der Waals surface area contributed by atoms with E-state index in [0.29, 0.717) is 16.6 Å². The third-order valence-corrected chi connectivity index (χ3v) is 2.76. The monoisotopic (exact) mass is 280 g/mol. The normalized spacial score (nSPS) is 10.3. The molecule has 0 aliphatic rings. The SMILES string of the molecule is O=c1[nH]nc(Cc2ccccc2O)cc1Br. The summed E-state index contributed by atoms with van der Waals surface area (Å²) < 4.78 is 0.438. The third kappa shape index (κ3) is 2.30. The first kappa shape index (κ1) is 10.9. The van der Waals surface area contributed by atoms with Gasteiger partial charge in [0.1, 0.15) is 5.75 Å². The van der Waals surface area contributed by atoms with E-state index in [1.807, 2.05) is 12.1 Å². The summed E-state index contributed by atoms with van der Waals surface area (Å²) in [5.41, 5.74) is 1.20. The molecule has 0 bridgehead atoms. The maximum absolute atomic E-state index is 11.1. The lowest BCUT2D eigenvalue weighted by atomic mass is 10.1. The number of hydrogen-bond donors (Lipinski definition) is 2. The second kappa shape index (κ2) is 4.49. The number of hydrogen-bond acceptors (Lipinski definition) is 3. The molecule has 0 radical (unpaired) electrons. The lowest BCUT2D eigenvalue weighted by Gasteiger charge is -2.03. The van der Waals surface area contributed by atoms with Crippen LogP contribution in [0.15, 0.2) is 39.6 Å². The van der Waals surface area contributed by atoms with E-state index in [1.165, 1.54) is 0 Å². The predicted octanol–water partition coefficient (Wildman–Crippen LogP) is 1.83. The first-order valence-electron chi connectivity index (χ1n) is 4.68. The third-order valence-electron chi connectivity index (χ3n) is 2.17. The Morgan fingerprint density at radius 2 is 2.12 bits per heavy atom. The Labute approximate surface area is 100 Å². The van der Waals surface area contributed by atoms with E-state index in [2.05, 4.69) is 26.1 Å². The minimum atomic E-state index is -0.263. The van der Waals surface area contributed by atoms with Crippen LogP contribution >= 0.6 is 15.9 Å². The van der Waals surface area contributed by atoms with Gasteiger partial charge in [-0.25, -0.2) is 5.10 Å². The van der Waals surface area contributed by atoms with Gasteiger partial charge in [0, 0.05) is 6.42 Å². The summed E-state index contributed by atoms with van der Waals surface area (Å²) in [6.45, 7) is 0. The van der Waals surface area contributed by atoms with E-state index in [0.717, 1.165) is 5.56 Å². The highest BCUT2D eigenvalue weighted by Gasteiger charge is 2.04. The number of aromatic hydroxyl groups is 1. The van der Waals surface area contributed by atoms with Crippen molar-refractivity contribution in [3.8, 4) is 5.75 Å². The zero-order valence-corrected chi connectivity index (χ0v) is 9.86. The lowest BCUT2D eigenvalue weighted by molar-refractivity contribution is 0.469. The molecule has 4 nitrogen and oxygen atoms in total. The second-order valence-electron chi connectivity index (χ2n) is 3.34. The number of halogens is 1. The number of aromatic amines is 1. The van der Waals surface area contributed by atoms with Gasteiger partial charge in [0.05, 0.1) is 10.2 Å². The molecule has 0 aliphatic carbocycles. The van der Waals surface area contributed by atoms with Gasteiger partial charge in [0.15, 0.2) is 0 Å². The van der Waals surface area contributed by atoms with Crippen LogP contribution in [0.25, 0.3) is 0 Å². The van der Waals surface area contributed by atoms with Crippen molar-refractivity contribution in [2.45, 2.75) is 6.42 Å². The van der Waals surface area contributed by atoms with Crippen molar-refractivity contribution in [3.05, 3.63) is 56.4 Å². The van der Waals surface area contributed by atoms with Crippen molar-refractivity contribution in [2.24, 2.45) is 0 Å². The van der Waals surface area contributed by atoms with Crippen LogP contribution in [0.2, 0.25) is 0 Å². The van der Waals surface area contributed by atoms with E-state index < -0.39 is 0 Å². The molecule has 0 saturated carbocycles. The fraction of sp³-hybridized carbons (Fsp3) is 0.0909. The van der Waals surface area contributed by atoms with Crippen molar-refractivity contribution < 1.29 is 5.11 Å². The van der Waals surface area contributed by atoms with Crippen LogP contribution in [0, 0.1) is 0 Å². The summed E-state index contributed by atoms with van der Waals surface area (Å²) in [6.07, 6.45) is 0.474. The molecule has 0 unspecified atom stereocenters. The molecule has 0 atom stereocenters. The first-order chi connectivity index (χ1) is 7.66. The predicted molar refractivity (Wildman–Crippen MR) is 63.5 cm³/mol. The highest BCUT2D eigenvalue weighted by Crippen LogP contribution is 2.18. The van der Waals surface area contributed by atoms with Crippen molar-refractivity contribution in [1.82, 2.24) is 10.2 Å². The van der Waals surface area contributed by atoms with Gasteiger partial charge in [-0.15, -0.1) is 0 Å². The van der Waals surface area contributed by atoms with Crippen LogP contribution < -0.4 is 5.56 Å². The number of nitrogens with zero attached hydrogens (tertiary/aromatic N) is 1. The summed E-state index contributed by atoms with van der Waals surface area (Å²) in [5, 5.41) is 15.9. The highest BCUT2D eigenvalue weighted by molar-refractivity contribution is 9.10. The Morgan fingerprint density at radius 1 is 1.38 bits per heavy atom. The Bertz CT molecular complexity index is 566. The van der Waals surface area contributed by atoms with E-state index in [1.54, 1.807) is 18.2 Å². The van der Waals surface area contributed by atoms with Crippen LogP contribution in [0.5, 0.6) is 5.75 Å². The number of para-hydroxylation sites is 1. The van der Waals surface area contributed by atoms with Crippen LogP contribution in [0.4, 0.5) is 0 Å². The van der Waals surface area contributed by atoms with Crippen LogP contribution in [0.1, 0.15) is 11.3 Å². The zero-order chi connectivity index (χ0) is 11.5. The molecule has 0 spiro atoms. The van der Waals surface area contributed by atoms with Crippen LogP contribution in [-0.2, 0) is 6.42 Å². The summed E-state index contributed by atoms with van der Waals surface area (Å²) in [5.74, 6) is 0.228. The number of H-pyrrole nitrogens is 1. The first-order valence-corrected chi connectivity index (χ1v) is 5.47. The number of phenols is 1. The van der Waals surface area contributed by atoms with Crippen LogP contribution in [0.3, 0.4) is 0 Å². The van der Waals surface area contributed by atoms with Crippen molar-refractivity contribution in [3.63, 3.8) is 0 Å². The molecule has 0 fully saturated rings.